The number of hydrogen-bond donors (Lipinski definition) is 1. The van der Waals surface area contributed by atoms with Crippen LogP contribution in [-0.4, -0.2) is 18.4 Å². The van der Waals surface area contributed by atoms with Gasteiger partial charge in [0.1, 0.15) is 10.8 Å². The molecule has 6 heteroatoms. The van der Waals surface area contributed by atoms with E-state index in [0.29, 0.717) is 5.70 Å². The number of ether oxygens (including phenoxy) is 1. The third-order valence-electron chi connectivity index (χ3n) is 1.44. The lowest BCUT2D eigenvalue weighted by molar-refractivity contribution is 0.0546. The van der Waals surface area contributed by atoms with Crippen molar-refractivity contribution in [2.45, 2.75) is 33.3 Å². The van der Waals surface area contributed by atoms with E-state index in [0.717, 1.165) is 3.58 Å². The second-order valence-corrected chi connectivity index (χ2v) is 5.77. The number of hydrogen-bond acceptors (Lipinski definition) is 3. The van der Waals surface area contributed by atoms with E-state index in [9.17, 15) is 4.79 Å². The molecule has 0 heterocycles. The summed E-state index contributed by atoms with van der Waals surface area (Å²) in [5.74, 6) is 0. The van der Waals surface area contributed by atoms with Gasteiger partial charge in [0, 0.05) is 9.28 Å². The van der Waals surface area contributed by atoms with Crippen LogP contribution in [0.4, 0.5) is 4.79 Å². The number of halogens is 2. The Hall–Kier alpha value is -0.560. The number of aliphatic imine (C=N–C) groups is 1. The molecule has 0 aliphatic heterocycles. The van der Waals surface area contributed by atoms with Crippen molar-refractivity contribution < 1.29 is 9.53 Å². The van der Waals surface area contributed by atoms with Crippen molar-refractivity contribution in [3.63, 3.8) is 0 Å². The molecule has 0 saturated heterocycles. The smallest absolute Gasteiger partial charge is 0.411 e. The topological polar surface area (TPSA) is 50.7 Å². The average molecular weight is 371 g/mol. The number of nitrogens with zero attached hydrogens (tertiary/aromatic N) is 1. The Morgan fingerprint density at radius 2 is 2.06 bits per heavy atom. The lowest BCUT2D eigenvalue weighted by Gasteiger charge is -2.20. The van der Waals surface area contributed by atoms with Crippen LogP contribution in [0.5, 0.6) is 0 Å². The highest BCUT2D eigenvalue weighted by molar-refractivity contribution is 14.1. The van der Waals surface area contributed by atoms with Gasteiger partial charge in [-0.2, -0.15) is 0 Å². The number of alkyl carbamates (subject to hydrolysis) is 1. The van der Waals surface area contributed by atoms with Gasteiger partial charge in [-0.25, -0.2) is 4.79 Å². The fourth-order valence-electron chi connectivity index (χ4n) is 0.775. The first kappa shape index (κ1) is 16.4. The third kappa shape index (κ3) is 8.20. The van der Waals surface area contributed by atoms with E-state index in [1.807, 2.05) is 22.6 Å². The summed E-state index contributed by atoms with van der Waals surface area (Å²) in [6.45, 7) is 10.4. The minimum absolute atomic E-state index is 0.264. The first-order chi connectivity index (χ1) is 7.65. The van der Waals surface area contributed by atoms with Crippen molar-refractivity contribution in [2.75, 3.05) is 0 Å². The summed E-state index contributed by atoms with van der Waals surface area (Å²) in [4.78, 5) is 15.0. The van der Waals surface area contributed by atoms with Crippen LogP contribution in [0.2, 0.25) is 0 Å². The second kappa shape index (κ2) is 7.00. The van der Waals surface area contributed by atoms with E-state index in [-0.39, 0.29) is 5.16 Å². The zero-order valence-electron chi connectivity index (χ0n) is 10.3. The number of nitrogens with one attached hydrogen (secondary N) is 1. The van der Waals surface area contributed by atoms with Gasteiger partial charge in [-0.3, -0.25) is 10.3 Å². The Morgan fingerprint density at radius 3 is 2.47 bits per heavy atom. The van der Waals surface area contributed by atoms with Crippen LogP contribution in [-0.2, 0) is 4.74 Å². The largest absolute Gasteiger partial charge is 0.444 e. The molecule has 96 valence electrons. The summed E-state index contributed by atoms with van der Waals surface area (Å²) in [5.41, 5.74) is 0.119. The van der Waals surface area contributed by atoms with E-state index in [4.69, 9.17) is 16.3 Å². The van der Waals surface area contributed by atoms with Crippen molar-refractivity contribution in [1.82, 2.24) is 5.32 Å². The highest BCUT2D eigenvalue weighted by atomic mass is 127. The maximum Gasteiger partial charge on any atom is 0.411 e. The summed E-state index contributed by atoms with van der Waals surface area (Å²) in [5, 5.41) is 2.87. The maximum atomic E-state index is 11.5. The SMILES string of the molecule is C=N/C(Cl)=C\C(I)=C(/C)NC(=O)OC(C)(C)C. The molecule has 0 atom stereocenters. The van der Waals surface area contributed by atoms with Crippen LogP contribution >= 0.6 is 34.2 Å². The summed E-state index contributed by atoms with van der Waals surface area (Å²) >= 11 is 7.73. The van der Waals surface area contributed by atoms with E-state index in [1.165, 1.54) is 0 Å². The Kier molecular flexibility index (Phi) is 6.77. The molecule has 0 fully saturated rings. The molecule has 1 N–H and O–H groups in total. The molecule has 0 saturated carbocycles. The van der Waals surface area contributed by atoms with Crippen molar-refractivity contribution in [3.05, 3.63) is 20.5 Å². The lowest BCUT2D eigenvalue weighted by atomic mass is 10.2. The van der Waals surface area contributed by atoms with Gasteiger partial charge in [0.2, 0.25) is 0 Å². The van der Waals surface area contributed by atoms with Crippen LogP contribution in [0.15, 0.2) is 25.5 Å². The van der Waals surface area contributed by atoms with Crippen LogP contribution in [0.25, 0.3) is 0 Å². The molecule has 0 aromatic carbocycles. The molecule has 17 heavy (non-hydrogen) atoms. The predicted molar refractivity (Wildman–Crippen MR) is 79.6 cm³/mol. The monoisotopic (exact) mass is 370 g/mol. The molecule has 0 radical (unpaired) electrons. The molecule has 1 amide bonds. The molecule has 0 aliphatic rings. The molecule has 0 rings (SSSR count). The van der Waals surface area contributed by atoms with Crippen molar-refractivity contribution in [1.29, 1.82) is 0 Å². The normalized spacial score (nSPS) is 13.9. The zero-order chi connectivity index (χ0) is 13.6. The second-order valence-electron chi connectivity index (χ2n) is 4.23. The fourth-order valence-corrected chi connectivity index (χ4v) is 1.50. The molecule has 0 aromatic rings. The molecule has 0 spiro atoms. The number of carbonyl (C=O) groups is 1. The first-order valence-electron chi connectivity index (χ1n) is 4.86. The molecule has 0 bridgehead atoms. The Labute approximate surface area is 120 Å². The van der Waals surface area contributed by atoms with Crippen LogP contribution in [0, 0.1) is 0 Å². The quantitative estimate of drug-likeness (QED) is 0.354. The summed E-state index contributed by atoms with van der Waals surface area (Å²) < 4.78 is 5.87. The van der Waals surface area contributed by atoms with Gasteiger partial charge in [-0.15, -0.1) is 0 Å². The van der Waals surface area contributed by atoms with E-state index in [2.05, 4.69) is 17.0 Å². The Balaban J connectivity index is 4.63. The van der Waals surface area contributed by atoms with Gasteiger partial charge >= 0.3 is 6.09 Å². The van der Waals surface area contributed by atoms with Gasteiger partial charge in [0.05, 0.1) is 0 Å². The van der Waals surface area contributed by atoms with Crippen molar-refractivity contribution >= 4 is 47.0 Å². The highest BCUT2D eigenvalue weighted by Crippen LogP contribution is 2.17. The van der Waals surface area contributed by atoms with Gasteiger partial charge in [0.15, 0.2) is 0 Å². The van der Waals surface area contributed by atoms with E-state index >= 15 is 0 Å². The highest BCUT2D eigenvalue weighted by Gasteiger charge is 2.16. The van der Waals surface area contributed by atoms with Crippen LogP contribution in [0.1, 0.15) is 27.7 Å². The zero-order valence-corrected chi connectivity index (χ0v) is 13.2. The Bertz CT molecular complexity index is 370. The molecule has 0 aliphatic carbocycles. The Morgan fingerprint density at radius 1 is 1.53 bits per heavy atom. The van der Waals surface area contributed by atoms with Gasteiger partial charge < -0.3 is 4.74 Å². The minimum Gasteiger partial charge on any atom is -0.444 e. The number of amides is 1. The van der Waals surface area contributed by atoms with E-state index < -0.39 is 11.7 Å². The molecule has 0 unspecified atom stereocenters. The van der Waals surface area contributed by atoms with Crippen molar-refractivity contribution in [3.8, 4) is 0 Å². The van der Waals surface area contributed by atoms with Gasteiger partial charge in [0.25, 0.3) is 0 Å². The minimum atomic E-state index is -0.522. The van der Waals surface area contributed by atoms with Gasteiger partial charge in [-0.05, 0) is 63.1 Å². The van der Waals surface area contributed by atoms with Crippen LogP contribution in [0.3, 0.4) is 0 Å². The summed E-state index contributed by atoms with van der Waals surface area (Å²) in [6, 6.07) is 0. The van der Waals surface area contributed by atoms with Crippen molar-refractivity contribution in [2.24, 2.45) is 4.99 Å². The number of allylic oxidation sites excluding steroid dienone is 3. The maximum absolute atomic E-state index is 11.5. The first-order valence-corrected chi connectivity index (χ1v) is 6.31. The summed E-state index contributed by atoms with van der Waals surface area (Å²) in [7, 11) is 0. The third-order valence-corrected chi connectivity index (χ3v) is 2.79. The lowest BCUT2D eigenvalue weighted by Crippen LogP contribution is -2.31. The number of carbonyl (C=O) groups excluding carboxylic acids is 1. The summed E-state index contributed by atoms with van der Waals surface area (Å²) in [6.07, 6.45) is 1.10. The van der Waals surface area contributed by atoms with Gasteiger partial charge in [-0.1, -0.05) is 11.6 Å². The van der Waals surface area contributed by atoms with E-state index in [1.54, 1.807) is 33.8 Å². The molecule has 0 aromatic heterocycles. The van der Waals surface area contributed by atoms with Crippen LogP contribution < -0.4 is 5.32 Å². The number of rotatable bonds is 3. The molecule has 4 nitrogen and oxygen atoms in total. The average Bonchev–Trinajstić information content (AvgIpc) is 2.14. The fraction of sp³-hybridized carbons (Fsp3) is 0.455. The standard InChI is InChI=1S/C11H16ClIN2O2/c1-7(8(13)6-9(12)14-5)15-10(16)17-11(2,3)4/h6H,5H2,1-4H3,(H,15,16)/b8-7-,9-6-. The predicted octanol–water partition coefficient (Wildman–Crippen LogP) is 3.96. The molecular weight excluding hydrogens is 354 g/mol. The molecular formula is C11H16ClIN2O2.